The molecule has 0 aromatic heterocycles. The second-order valence-corrected chi connectivity index (χ2v) is 4.14. The summed E-state index contributed by atoms with van der Waals surface area (Å²) in [5.41, 5.74) is 0. The Hall–Kier alpha value is -0.740. The zero-order valence-electron chi connectivity index (χ0n) is 8.39. The molecule has 0 saturated heterocycles. The summed E-state index contributed by atoms with van der Waals surface area (Å²) < 4.78 is 35.9. The molecule has 1 atom stereocenters. The number of carbonyl (C=O) groups is 1. The highest BCUT2D eigenvalue weighted by Gasteiger charge is 2.35. The van der Waals surface area contributed by atoms with Crippen molar-refractivity contribution in [1.29, 1.82) is 0 Å². The van der Waals surface area contributed by atoms with E-state index in [1.165, 1.54) is 0 Å². The first-order valence-corrected chi connectivity index (χ1v) is 5.19. The Morgan fingerprint density at radius 3 is 2.27 bits per heavy atom. The number of carboxylic acid groups (broad SMARTS) is 1. The average Bonchev–Trinajstić information content (AvgIpc) is 2.54. The molecule has 0 aromatic carbocycles. The first-order valence-electron chi connectivity index (χ1n) is 5.19. The van der Waals surface area contributed by atoms with Crippen LogP contribution in [0, 0.1) is 11.8 Å². The van der Waals surface area contributed by atoms with Gasteiger partial charge in [0.25, 0.3) is 0 Å². The van der Waals surface area contributed by atoms with Crippen molar-refractivity contribution in [2.45, 2.75) is 44.7 Å². The Morgan fingerprint density at radius 1 is 1.33 bits per heavy atom. The van der Waals surface area contributed by atoms with E-state index in [1.54, 1.807) is 0 Å². The highest BCUT2D eigenvalue weighted by Crippen LogP contribution is 2.36. The molecule has 5 heteroatoms. The fraction of sp³-hybridized carbons (Fsp3) is 0.900. The lowest BCUT2D eigenvalue weighted by atomic mass is 9.87. The predicted octanol–water partition coefficient (Wildman–Crippen LogP) is 3.22. The van der Waals surface area contributed by atoms with E-state index in [9.17, 15) is 18.0 Å². The molecule has 1 N–H and O–H groups in total. The number of hydrogen-bond acceptors (Lipinski definition) is 1. The van der Waals surface area contributed by atoms with Gasteiger partial charge in [-0.2, -0.15) is 13.2 Å². The van der Waals surface area contributed by atoms with Gasteiger partial charge in [-0.25, -0.2) is 0 Å². The van der Waals surface area contributed by atoms with Crippen molar-refractivity contribution in [2.24, 2.45) is 11.8 Å². The van der Waals surface area contributed by atoms with Gasteiger partial charge in [0.05, 0.1) is 5.92 Å². The van der Waals surface area contributed by atoms with Crippen LogP contribution in [-0.4, -0.2) is 17.3 Å². The van der Waals surface area contributed by atoms with Gasteiger partial charge in [-0.05, 0) is 25.2 Å². The number of carboxylic acids is 1. The third kappa shape index (κ3) is 4.10. The first-order chi connectivity index (χ1) is 6.90. The van der Waals surface area contributed by atoms with Gasteiger partial charge >= 0.3 is 12.1 Å². The normalized spacial score (nSPS) is 20.5. The SMILES string of the molecule is O=C(O)C(CCC(F)(F)F)C1CCCC1. The van der Waals surface area contributed by atoms with Crippen LogP contribution in [0.4, 0.5) is 13.2 Å². The maximum Gasteiger partial charge on any atom is 0.389 e. The Balaban J connectivity index is 2.47. The van der Waals surface area contributed by atoms with Gasteiger partial charge in [0.2, 0.25) is 0 Å². The lowest BCUT2D eigenvalue weighted by molar-refractivity contribution is -0.151. The summed E-state index contributed by atoms with van der Waals surface area (Å²) in [6.07, 6.45) is -2.10. The lowest BCUT2D eigenvalue weighted by Gasteiger charge is -2.19. The summed E-state index contributed by atoms with van der Waals surface area (Å²) in [5, 5.41) is 8.86. The average molecular weight is 224 g/mol. The summed E-state index contributed by atoms with van der Waals surface area (Å²) in [5.74, 6) is -1.94. The molecule has 2 nitrogen and oxygen atoms in total. The summed E-state index contributed by atoms with van der Waals surface area (Å²) in [7, 11) is 0. The van der Waals surface area contributed by atoms with Crippen LogP contribution in [0.15, 0.2) is 0 Å². The van der Waals surface area contributed by atoms with Crippen LogP contribution in [0.5, 0.6) is 0 Å². The van der Waals surface area contributed by atoms with E-state index >= 15 is 0 Å². The van der Waals surface area contributed by atoms with E-state index in [-0.39, 0.29) is 12.3 Å². The predicted molar refractivity (Wildman–Crippen MR) is 48.4 cm³/mol. The largest absolute Gasteiger partial charge is 0.481 e. The van der Waals surface area contributed by atoms with Gasteiger partial charge < -0.3 is 5.11 Å². The Morgan fingerprint density at radius 2 is 1.87 bits per heavy atom. The van der Waals surface area contributed by atoms with Crippen LogP contribution >= 0.6 is 0 Å². The molecule has 1 aliphatic rings. The number of hydrogen-bond donors (Lipinski definition) is 1. The van der Waals surface area contributed by atoms with Crippen molar-refractivity contribution in [3.63, 3.8) is 0 Å². The van der Waals surface area contributed by atoms with Crippen molar-refractivity contribution in [1.82, 2.24) is 0 Å². The van der Waals surface area contributed by atoms with Gasteiger partial charge in [0.15, 0.2) is 0 Å². The fourth-order valence-corrected chi connectivity index (χ4v) is 2.24. The molecule has 0 heterocycles. The van der Waals surface area contributed by atoms with Crippen LogP contribution in [0.1, 0.15) is 38.5 Å². The zero-order chi connectivity index (χ0) is 11.5. The second-order valence-electron chi connectivity index (χ2n) is 4.14. The highest BCUT2D eigenvalue weighted by atomic mass is 19.4. The van der Waals surface area contributed by atoms with Crippen LogP contribution < -0.4 is 0 Å². The molecule has 1 aliphatic carbocycles. The van der Waals surface area contributed by atoms with Crippen LogP contribution in [0.2, 0.25) is 0 Å². The summed E-state index contributed by atoms with van der Waals surface area (Å²) in [6, 6.07) is 0. The van der Waals surface area contributed by atoms with Crippen molar-refractivity contribution < 1.29 is 23.1 Å². The molecule has 0 bridgehead atoms. The van der Waals surface area contributed by atoms with Gasteiger partial charge in [0, 0.05) is 6.42 Å². The van der Waals surface area contributed by atoms with E-state index in [0.717, 1.165) is 25.7 Å². The maximum absolute atomic E-state index is 12.0. The summed E-state index contributed by atoms with van der Waals surface area (Å²) >= 11 is 0. The first kappa shape index (κ1) is 12.3. The topological polar surface area (TPSA) is 37.3 Å². The van der Waals surface area contributed by atoms with E-state index in [4.69, 9.17) is 5.11 Å². The minimum Gasteiger partial charge on any atom is -0.481 e. The van der Waals surface area contributed by atoms with Gasteiger partial charge in [-0.15, -0.1) is 0 Å². The molecule has 1 fully saturated rings. The molecule has 1 rings (SSSR count). The van der Waals surface area contributed by atoms with Crippen molar-refractivity contribution in [3.05, 3.63) is 0 Å². The molecular formula is C10H15F3O2. The number of rotatable bonds is 4. The Labute approximate surface area is 86.5 Å². The standard InChI is InChI=1S/C10H15F3O2/c11-10(12,13)6-5-8(9(14)15)7-3-1-2-4-7/h7-8H,1-6H2,(H,14,15). The molecule has 0 amide bonds. The van der Waals surface area contributed by atoms with Crippen LogP contribution in [0.3, 0.4) is 0 Å². The number of alkyl halides is 3. The molecular weight excluding hydrogens is 209 g/mol. The second kappa shape index (κ2) is 4.86. The third-order valence-electron chi connectivity index (χ3n) is 3.02. The molecule has 0 aromatic rings. The minimum absolute atomic E-state index is 0.0511. The molecule has 0 spiro atoms. The molecule has 15 heavy (non-hydrogen) atoms. The summed E-state index contributed by atoms with van der Waals surface area (Å²) in [6.45, 7) is 0. The van der Waals surface area contributed by atoms with Gasteiger partial charge in [-0.3, -0.25) is 4.79 Å². The monoisotopic (exact) mass is 224 g/mol. The molecule has 1 unspecified atom stereocenters. The zero-order valence-corrected chi connectivity index (χ0v) is 8.39. The van der Waals surface area contributed by atoms with Gasteiger partial charge in [-0.1, -0.05) is 12.8 Å². The maximum atomic E-state index is 12.0. The lowest BCUT2D eigenvalue weighted by Crippen LogP contribution is -2.24. The Kier molecular flexibility index (Phi) is 3.99. The van der Waals surface area contributed by atoms with Crippen LogP contribution in [0.25, 0.3) is 0 Å². The molecule has 1 saturated carbocycles. The van der Waals surface area contributed by atoms with E-state index < -0.39 is 24.5 Å². The number of halogens is 3. The molecule has 0 radical (unpaired) electrons. The Bertz CT molecular complexity index is 219. The number of aliphatic carboxylic acids is 1. The smallest absolute Gasteiger partial charge is 0.389 e. The van der Waals surface area contributed by atoms with Gasteiger partial charge in [0.1, 0.15) is 0 Å². The third-order valence-corrected chi connectivity index (χ3v) is 3.02. The van der Waals surface area contributed by atoms with E-state index in [0.29, 0.717) is 0 Å². The summed E-state index contributed by atoms with van der Waals surface area (Å²) in [4.78, 5) is 10.8. The van der Waals surface area contributed by atoms with Crippen molar-refractivity contribution in [3.8, 4) is 0 Å². The van der Waals surface area contributed by atoms with Crippen molar-refractivity contribution >= 4 is 5.97 Å². The fourth-order valence-electron chi connectivity index (χ4n) is 2.24. The quantitative estimate of drug-likeness (QED) is 0.796. The van der Waals surface area contributed by atoms with E-state index in [1.807, 2.05) is 0 Å². The molecule has 0 aliphatic heterocycles. The molecule has 88 valence electrons. The minimum atomic E-state index is -4.24. The van der Waals surface area contributed by atoms with Crippen LogP contribution in [-0.2, 0) is 4.79 Å². The van der Waals surface area contributed by atoms with E-state index in [2.05, 4.69) is 0 Å². The highest BCUT2D eigenvalue weighted by molar-refractivity contribution is 5.70. The van der Waals surface area contributed by atoms with Crippen molar-refractivity contribution in [2.75, 3.05) is 0 Å².